The molecule has 0 aliphatic rings. The van der Waals surface area contributed by atoms with E-state index in [9.17, 15) is 4.79 Å². The minimum Gasteiger partial charge on any atom is -0.446 e. The Kier molecular flexibility index (Phi) is 10.8. The molecule has 0 aromatic carbocycles. The molecule has 2 N–H and O–H groups in total. The zero-order valence-corrected chi connectivity index (χ0v) is 14.9. The molecule has 21 heavy (non-hydrogen) atoms. The third kappa shape index (κ3) is 8.45. The highest BCUT2D eigenvalue weighted by Crippen LogP contribution is 2.32. The van der Waals surface area contributed by atoms with Gasteiger partial charge in [0.05, 0.1) is 5.41 Å². The highest BCUT2D eigenvalue weighted by molar-refractivity contribution is 5.76. The monoisotopic (exact) mass is 299 g/mol. The number of hydrogen-bond acceptors (Lipinski definition) is 3. The van der Waals surface area contributed by atoms with Crippen LogP contribution in [0.1, 0.15) is 92.4 Å². The summed E-state index contributed by atoms with van der Waals surface area (Å²) in [7, 11) is 0. The number of carbonyl (C=O) groups is 1. The fourth-order valence-corrected chi connectivity index (χ4v) is 2.34. The Morgan fingerprint density at radius 1 is 1.05 bits per heavy atom. The number of unbranched alkanes of at least 4 members (excludes halogenated alkanes) is 6. The summed E-state index contributed by atoms with van der Waals surface area (Å²) >= 11 is 0. The van der Waals surface area contributed by atoms with Crippen LogP contribution in [0, 0.1) is 11.3 Å². The normalized spacial score (nSPS) is 14.8. The molecule has 2 atom stereocenters. The van der Waals surface area contributed by atoms with Crippen molar-refractivity contribution in [2.45, 2.75) is 98.6 Å². The van der Waals surface area contributed by atoms with Crippen LogP contribution in [0.15, 0.2) is 0 Å². The molecule has 3 nitrogen and oxygen atoms in total. The summed E-state index contributed by atoms with van der Waals surface area (Å²) in [5.41, 5.74) is 5.26. The zero-order valence-electron chi connectivity index (χ0n) is 14.9. The van der Waals surface area contributed by atoms with Crippen molar-refractivity contribution in [2.75, 3.05) is 0 Å². The largest absolute Gasteiger partial charge is 0.446 e. The van der Waals surface area contributed by atoms with Gasteiger partial charge in [-0.15, -0.1) is 0 Å². The summed E-state index contributed by atoms with van der Waals surface area (Å²) in [5, 5.41) is 0. The van der Waals surface area contributed by atoms with Crippen molar-refractivity contribution in [2.24, 2.45) is 17.1 Å². The van der Waals surface area contributed by atoms with E-state index in [1.165, 1.54) is 44.9 Å². The van der Waals surface area contributed by atoms with E-state index in [2.05, 4.69) is 13.8 Å². The molecule has 0 aliphatic carbocycles. The summed E-state index contributed by atoms with van der Waals surface area (Å²) in [5.74, 6) is 0.164. The molecule has 2 unspecified atom stereocenters. The molecule has 126 valence electrons. The number of nitrogens with two attached hydrogens (primary N) is 1. The van der Waals surface area contributed by atoms with Gasteiger partial charge in [0.15, 0.2) is 6.23 Å². The van der Waals surface area contributed by atoms with Crippen LogP contribution < -0.4 is 5.73 Å². The van der Waals surface area contributed by atoms with Crippen molar-refractivity contribution in [3.8, 4) is 0 Å². The molecule has 0 rings (SSSR count). The Morgan fingerprint density at radius 2 is 1.57 bits per heavy atom. The van der Waals surface area contributed by atoms with Gasteiger partial charge in [-0.2, -0.15) is 0 Å². The van der Waals surface area contributed by atoms with Gasteiger partial charge in [0.2, 0.25) is 0 Å². The van der Waals surface area contributed by atoms with Crippen LogP contribution in [-0.4, -0.2) is 12.2 Å². The topological polar surface area (TPSA) is 52.3 Å². The van der Waals surface area contributed by atoms with Crippen LogP contribution in [0.25, 0.3) is 0 Å². The lowest BCUT2D eigenvalue weighted by Gasteiger charge is -2.30. The third-order valence-corrected chi connectivity index (χ3v) is 4.66. The number of rotatable bonds is 12. The number of carbonyl (C=O) groups excluding carboxylic acids is 1. The summed E-state index contributed by atoms with van der Waals surface area (Å²) < 4.78 is 5.30. The number of esters is 1. The molecule has 0 spiro atoms. The molecule has 0 radical (unpaired) electrons. The molecule has 0 heterocycles. The molecule has 0 bridgehead atoms. The maximum atomic E-state index is 12.2. The van der Waals surface area contributed by atoms with Gasteiger partial charge in [0.1, 0.15) is 0 Å². The summed E-state index contributed by atoms with van der Waals surface area (Å²) in [6.45, 7) is 10.3. The lowest BCUT2D eigenvalue weighted by atomic mass is 9.77. The van der Waals surface area contributed by atoms with Crippen molar-refractivity contribution in [1.82, 2.24) is 0 Å². The predicted molar refractivity (Wildman–Crippen MR) is 89.9 cm³/mol. The van der Waals surface area contributed by atoms with Gasteiger partial charge in [-0.05, 0) is 32.6 Å². The van der Waals surface area contributed by atoms with Crippen molar-refractivity contribution in [3.63, 3.8) is 0 Å². The molecule has 0 amide bonds. The lowest BCUT2D eigenvalue weighted by molar-refractivity contribution is -0.162. The van der Waals surface area contributed by atoms with Gasteiger partial charge in [0.25, 0.3) is 0 Å². The first kappa shape index (κ1) is 20.4. The van der Waals surface area contributed by atoms with E-state index in [4.69, 9.17) is 10.5 Å². The molecule has 0 fully saturated rings. The van der Waals surface area contributed by atoms with Crippen molar-refractivity contribution in [1.29, 1.82) is 0 Å². The van der Waals surface area contributed by atoms with Gasteiger partial charge in [-0.25, -0.2) is 0 Å². The van der Waals surface area contributed by atoms with Crippen molar-refractivity contribution >= 4 is 5.97 Å². The van der Waals surface area contributed by atoms with E-state index in [-0.39, 0.29) is 5.97 Å². The summed E-state index contributed by atoms with van der Waals surface area (Å²) in [6, 6.07) is 0. The second-order valence-electron chi connectivity index (χ2n) is 6.88. The quantitative estimate of drug-likeness (QED) is 0.312. The zero-order chi connectivity index (χ0) is 16.3. The lowest BCUT2D eigenvalue weighted by Crippen LogP contribution is -2.38. The highest BCUT2D eigenvalue weighted by atomic mass is 16.6. The summed E-state index contributed by atoms with van der Waals surface area (Å²) in [6.07, 6.45) is 10.4. The molecular weight excluding hydrogens is 262 g/mol. The molecular formula is C18H37NO2. The van der Waals surface area contributed by atoms with Crippen LogP contribution in [0.3, 0.4) is 0 Å². The van der Waals surface area contributed by atoms with E-state index in [0.717, 1.165) is 6.42 Å². The first-order valence-electron chi connectivity index (χ1n) is 8.82. The third-order valence-electron chi connectivity index (χ3n) is 4.66. The Balaban J connectivity index is 3.96. The van der Waals surface area contributed by atoms with E-state index >= 15 is 0 Å². The van der Waals surface area contributed by atoms with Crippen molar-refractivity contribution in [3.05, 3.63) is 0 Å². The minimum absolute atomic E-state index is 0.160. The smallest absolute Gasteiger partial charge is 0.313 e. The van der Waals surface area contributed by atoms with Gasteiger partial charge in [-0.3, -0.25) is 10.5 Å². The first-order chi connectivity index (χ1) is 9.86. The Hall–Kier alpha value is -0.570. The van der Waals surface area contributed by atoms with E-state index in [0.29, 0.717) is 12.3 Å². The molecule has 0 saturated heterocycles. The van der Waals surface area contributed by atoms with E-state index in [1.54, 1.807) is 0 Å². The SMILES string of the molecule is CCCCCCCCCC(C)C(C)(C)C(=O)OC(N)CC. The first-order valence-corrected chi connectivity index (χ1v) is 8.82. The number of ether oxygens (including phenoxy) is 1. The van der Waals surface area contributed by atoms with Crippen LogP contribution in [0.2, 0.25) is 0 Å². The second kappa shape index (κ2) is 11.1. The maximum Gasteiger partial charge on any atom is 0.313 e. The van der Waals surface area contributed by atoms with Crippen LogP contribution in [0.4, 0.5) is 0 Å². The Labute approximate surface area is 132 Å². The number of hydrogen-bond donors (Lipinski definition) is 1. The van der Waals surface area contributed by atoms with Crippen LogP contribution in [-0.2, 0) is 9.53 Å². The Morgan fingerprint density at radius 3 is 2.10 bits per heavy atom. The van der Waals surface area contributed by atoms with E-state index in [1.807, 2.05) is 20.8 Å². The fraction of sp³-hybridized carbons (Fsp3) is 0.944. The Bertz CT molecular complexity index is 276. The van der Waals surface area contributed by atoms with Crippen LogP contribution in [0.5, 0.6) is 0 Å². The van der Waals surface area contributed by atoms with E-state index < -0.39 is 11.6 Å². The average Bonchev–Trinajstić information content (AvgIpc) is 2.45. The van der Waals surface area contributed by atoms with Crippen LogP contribution >= 0.6 is 0 Å². The fourth-order valence-electron chi connectivity index (χ4n) is 2.34. The minimum atomic E-state index is -0.470. The molecule has 3 heteroatoms. The predicted octanol–water partition coefficient (Wildman–Crippen LogP) is 5.03. The standard InChI is InChI=1S/C18H37NO2/c1-6-8-9-10-11-12-13-14-15(3)18(4,5)17(20)21-16(19)7-2/h15-16H,6-14,19H2,1-5H3. The van der Waals surface area contributed by atoms with Gasteiger partial charge < -0.3 is 4.74 Å². The average molecular weight is 299 g/mol. The van der Waals surface area contributed by atoms with Crippen molar-refractivity contribution < 1.29 is 9.53 Å². The van der Waals surface area contributed by atoms with Gasteiger partial charge >= 0.3 is 5.97 Å². The highest BCUT2D eigenvalue weighted by Gasteiger charge is 2.35. The summed E-state index contributed by atoms with van der Waals surface area (Å²) in [4.78, 5) is 12.2. The molecule has 0 aromatic heterocycles. The molecule has 0 aromatic rings. The second-order valence-corrected chi connectivity index (χ2v) is 6.88. The maximum absolute atomic E-state index is 12.2. The van der Waals surface area contributed by atoms with Gasteiger partial charge in [-0.1, -0.05) is 65.7 Å². The molecule has 0 saturated carbocycles. The molecule has 0 aliphatic heterocycles. The van der Waals surface area contributed by atoms with Gasteiger partial charge in [0, 0.05) is 0 Å².